The number of benzene rings is 2. The van der Waals surface area contributed by atoms with Crippen LogP contribution in [-0.2, 0) is 9.59 Å². The van der Waals surface area contributed by atoms with Crippen molar-refractivity contribution in [2.75, 3.05) is 17.7 Å². The molecule has 0 radical (unpaired) electrons. The van der Waals surface area contributed by atoms with Crippen molar-refractivity contribution in [3.63, 3.8) is 0 Å². The SMILES string of the molecule is COc1cccc(NC(=O)C2CCC(C(=O)Nc3ccccc3)CC2)c1. The Hall–Kier alpha value is -2.82. The van der Waals surface area contributed by atoms with Crippen molar-refractivity contribution in [2.24, 2.45) is 11.8 Å². The molecule has 0 spiro atoms. The van der Waals surface area contributed by atoms with E-state index < -0.39 is 0 Å². The zero-order valence-electron chi connectivity index (χ0n) is 14.9. The first-order chi connectivity index (χ1) is 12.7. The summed E-state index contributed by atoms with van der Waals surface area (Å²) in [5, 5.41) is 5.91. The van der Waals surface area contributed by atoms with E-state index in [1.807, 2.05) is 48.5 Å². The van der Waals surface area contributed by atoms with E-state index in [1.54, 1.807) is 13.2 Å². The van der Waals surface area contributed by atoms with Gasteiger partial charge in [-0.15, -0.1) is 0 Å². The average Bonchev–Trinajstić information content (AvgIpc) is 2.69. The van der Waals surface area contributed by atoms with Crippen LogP contribution in [0.15, 0.2) is 54.6 Å². The second-order valence-electron chi connectivity index (χ2n) is 6.63. The van der Waals surface area contributed by atoms with Gasteiger partial charge in [-0.25, -0.2) is 0 Å². The summed E-state index contributed by atoms with van der Waals surface area (Å²) < 4.78 is 5.18. The third-order valence-corrected chi connectivity index (χ3v) is 4.85. The second-order valence-corrected chi connectivity index (χ2v) is 6.63. The summed E-state index contributed by atoms with van der Waals surface area (Å²) in [7, 11) is 1.60. The normalized spacial score (nSPS) is 19.4. The zero-order valence-corrected chi connectivity index (χ0v) is 14.9. The Morgan fingerprint density at radius 3 is 1.92 bits per heavy atom. The first-order valence-electron chi connectivity index (χ1n) is 8.96. The number of carbonyl (C=O) groups excluding carboxylic acids is 2. The van der Waals surface area contributed by atoms with Crippen LogP contribution >= 0.6 is 0 Å². The van der Waals surface area contributed by atoms with Gasteiger partial charge in [0.25, 0.3) is 0 Å². The van der Waals surface area contributed by atoms with Crippen LogP contribution in [0.1, 0.15) is 25.7 Å². The number of hydrogen-bond acceptors (Lipinski definition) is 3. The molecule has 3 rings (SSSR count). The Morgan fingerprint density at radius 1 is 0.808 bits per heavy atom. The van der Waals surface area contributed by atoms with E-state index in [0.717, 1.165) is 37.1 Å². The number of amides is 2. The van der Waals surface area contributed by atoms with Crippen molar-refractivity contribution in [1.82, 2.24) is 0 Å². The largest absolute Gasteiger partial charge is 0.497 e. The molecule has 1 aliphatic rings. The number of para-hydroxylation sites is 1. The summed E-state index contributed by atoms with van der Waals surface area (Å²) in [6.07, 6.45) is 2.91. The maximum absolute atomic E-state index is 12.5. The molecule has 0 bridgehead atoms. The van der Waals surface area contributed by atoms with Gasteiger partial charge in [-0.1, -0.05) is 24.3 Å². The molecule has 0 saturated heterocycles. The van der Waals surface area contributed by atoms with Gasteiger partial charge in [-0.3, -0.25) is 9.59 Å². The molecule has 1 saturated carbocycles. The molecule has 1 fully saturated rings. The fourth-order valence-electron chi connectivity index (χ4n) is 3.33. The Balaban J connectivity index is 1.49. The highest BCUT2D eigenvalue weighted by atomic mass is 16.5. The Bertz CT molecular complexity index is 753. The molecule has 0 aromatic heterocycles. The lowest BCUT2D eigenvalue weighted by Gasteiger charge is -2.27. The monoisotopic (exact) mass is 352 g/mol. The van der Waals surface area contributed by atoms with Crippen LogP contribution in [0.2, 0.25) is 0 Å². The summed E-state index contributed by atoms with van der Waals surface area (Å²) in [6.45, 7) is 0. The number of nitrogens with one attached hydrogen (secondary N) is 2. The van der Waals surface area contributed by atoms with Crippen LogP contribution in [0.4, 0.5) is 11.4 Å². The van der Waals surface area contributed by atoms with Crippen molar-refractivity contribution in [3.8, 4) is 5.75 Å². The topological polar surface area (TPSA) is 67.4 Å². The van der Waals surface area contributed by atoms with Crippen molar-refractivity contribution in [1.29, 1.82) is 0 Å². The van der Waals surface area contributed by atoms with Crippen molar-refractivity contribution < 1.29 is 14.3 Å². The molecule has 0 atom stereocenters. The molecule has 2 aromatic carbocycles. The highest BCUT2D eigenvalue weighted by Gasteiger charge is 2.30. The molecule has 0 aliphatic heterocycles. The fraction of sp³-hybridized carbons (Fsp3) is 0.333. The average molecular weight is 352 g/mol. The van der Waals surface area contributed by atoms with Crippen molar-refractivity contribution in [2.45, 2.75) is 25.7 Å². The first kappa shape index (κ1) is 18.0. The molecule has 5 nitrogen and oxygen atoms in total. The zero-order chi connectivity index (χ0) is 18.4. The summed E-state index contributed by atoms with van der Waals surface area (Å²) in [5.74, 6) is 0.685. The number of anilines is 2. The molecule has 5 heteroatoms. The smallest absolute Gasteiger partial charge is 0.227 e. The fourth-order valence-corrected chi connectivity index (χ4v) is 3.33. The number of hydrogen-bond donors (Lipinski definition) is 2. The third-order valence-electron chi connectivity index (χ3n) is 4.85. The van der Waals surface area contributed by atoms with Crippen LogP contribution in [0.5, 0.6) is 5.75 Å². The van der Waals surface area contributed by atoms with Crippen LogP contribution < -0.4 is 15.4 Å². The molecule has 2 aromatic rings. The predicted octanol–water partition coefficient (Wildman–Crippen LogP) is 4.08. The minimum absolute atomic E-state index is 0.0140. The van der Waals surface area contributed by atoms with Crippen LogP contribution in [0.3, 0.4) is 0 Å². The second kappa shape index (κ2) is 8.52. The quantitative estimate of drug-likeness (QED) is 0.852. The minimum atomic E-state index is -0.0537. The highest BCUT2D eigenvalue weighted by Crippen LogP contribution is 2.31. The van der Waals surface area contributed by atoms with E-state index in [-0.39, 0.29) is 23.7 Å². The highest BCUT2D eigenvalue weighted by molar-refractivity contribution is 5.94. The summed E-state index contributed by atoms with van der Waals surface area (Å²) in [5.41, 5.74) is 1.55. The van der Waals surface area contributed by atoms with E-state index in [9.17, 15) is 9.59 Å². The van der Waals surface area contributed by atoms with Crippen molar-refractivity contribution in [3.05, 3.63) is 54.6 Å². The van der Waals surface area contributed by atoms with Crippen LogP contribution in [-0.4, -0.2) is 18.9 Å². The van der Waals surface area contributed by atoms with Gasteiger partial charge in [-0.2, -0.15) is 0 Å². The number of ether oxygens (including phenoxy) is 1. The van der Waals surface area contributed by atoms with Gasteiger partial charge in [0.1, 0.15) is 5.75 Å². The van der Waals surface area contributed by atoms with Gasteiger partial charge in [0.05, 0.1) is 7.11 Å². The number of carbonyl (C=O) groups is 2. The Labute approximate surface area is 153 Å². The van der Waals surface area contributed by atoms with E-state index in [1.165, 1.54) is 0 Å². The maximum atomic E-state index is 12.5. The lowest BCUT2D eigenvalue weighted by Crippen LogP contribution is -2.32. The predicted molar refractivity (Wildman–Crippen MR) is 102 cm³/mol. The number of methoxy groups -OCH3 is 1. The molecule has 26 heavy (non-hydrogen) atoms. The van der Waals surface area contributed by atoms with E-state index in [0.29, 0.717) is 5.75 Å². The number of rotatable bonds is 5. The van der Waals surface area contributed by atoms with Crippen LogP contribution in [0, 0.1) is 11.8 Å². The Kier molecular flexibility index (Phi) is 5.89. The first-order valence-corrected chi connectivity index (χ1v) is 8.96. The van der Waals surface area contributed by atoms with E-state index in [4.69, 9.17) is 4.74 Å². The summed E-state index contributed by atoms with van der Waals surface area (Å²) in [4.78, 5) is 24.9. The Morgan fingerprint density at radius 2 is 1.35 bits per heavy atom. The van der Waals surface area contributed by atoms with E-state index >= 15 is 0 Å². The third kappa shape index (κ3) is 4.63. The lowest BCUT2D eigenvalue weighted by molar-refractivity contribution is -0.125. The molecular formula is C21H24N2O3. The van der Waals surface area contributed by atoms with Gasteiger partial charge >= 0.3 is 0 Å². The van der Waals surface area contributed by atoms with Gasteiger partial charge < -0.3 is 15.4 Å². The standard InChI is InChI=1S/C21H24N2O3/c1-26-19-9-5-8-18(14-19)23-21(25)16-12-10-15(11-13-16)20(24)22-17-6-3-2-4-7-17/h2-9,14-16H,10-13H2,1H3,(H,22,24)(H,23,25). The molecular weight excluding hydrogens is 328 g/mol. The van der Waals surface area contributed by atoms with Gasteiger partial charge in [0.2, 0.25) is 11.8 Å². The molecule has 2 amide bonds. The van der Waals surface area contributed by atoms with E-state index in [2.05, 4.69) is 10.6 Å². The molecule has 2 N–H and O–H groups in total. The maximum Gasteiger partial charge on any atom is 0.227 e. The summed E-state index contributed by atoms with van der Waals surface area (Å²) in [6, 6.07) is 16.8. The minimum Gasteiger partial charge on any atom is -0.497 e. The van der Waals surface area contributed by atoms with Crippen LogP contribution in [0.25, 0.3) is 0 Å². The van der Waals surface area contributed by atoms with Gasteiger partial charge in [0.15, 0.2) is 0 Å². The van der Waals surface area contributed by atoms with Gasteiger partial charge in [0, 0.05) is 29.3 Å². The van der Waals surface area contributed by atoms with Crippen molar-refractivity contribution >= 4 is 23.2 Å². The van der Waals surface area contributed by atoms with Gasteiger partial charge in [-0.05, 0) is 49.9 Å². The molecule has 0 heterocycles. The molecule has 136 valence electrons. The molecule has 0 unspecified atom stereocenters. The molecule has 1 aliphatic carbocycles. The summed E-state index contributed by atoms with van der Waals surface area (Å²) >= 11 is 0. The lowest BCUT2D eigenvalue weighted by atomic mass is 9.81.